The molecule has 0 aliphatic carbocycles. The van der Waals surface area contributed by atoms with Crippen LogP contribution in [0, 0.1) is 0 Å². The molecule has 1 N–H and O–H groups in total. The van der Waals surface area contributed by atoms with Crippen molar-refractivity contribution in [3.05, 3.63) is 88.6 Å². The minimum Gasteiger partial charge on any atom is -0.320 e. The summed E-state index contributed by atoms with van der Waals surface area (Å²) in [6, 6.07) is 16.6. The van der Waals surface area contributed by atoms with E-state index < -0.39 is 0 Å². The Hall–Kier alpha value is -3.74. The summed E-state index contributed by atoms with van der Waals surface area (Å²) >= 11 is 0. The molecule has 0 atom stereocenters. The molecule has 2 aromatic carbocycles. The quantitative estimate of drug-likeness (QED) is 0.440. The maximum Gasteiger partial charge on any atom is 0.276 e. The second kappa shape index (κ2) is 9.38. The van der Waals surface area contributed by atoms with Gasteiger partial charge in [-0.1, -0.05) is 56.2 Å². The Kier molecular flexibility index (Phi) is 6.21. The van der Waals surface area contributed by atoms with Crippen molar-refractivity contribution in [2.45, 2.75) is 39.3 Å². The Bertz CT molecular complexity index is 1240. The number of amides is 1. The third-order valence-corrected chi connectivity index (χ3v) is 5.21. The Balaban J connectivity index is 1.68. The minimum absolute atomic E-state index is 0.165. The van der Waals surface area contributed by atoms with E-state index in [1.807, 2.05) is 42.6 Å². The lowest BCUT2D eigenvalue weighted by Gasteiger charge is -2.13. The van der Waals surface area contributed by atoms with E-state index in [4.69, 9.17) is 0 Å². The van der Waals surface area contributed by atoms with Crippen LogP contribution >= 0.6 is 0 Å². The molecule has 0 radical (unpaired) electrons. The standard InChI is InChI=1S/C24H25N5O2/c1-2-3-8-16-29-24(31)20-12-6-5-11-19(20)22(27-29)23(30)26-21-13-7-4-10-18(21)17-28-15-9-14-25-28/h4-7,9-15H,2-3,8,16-17H2,1H3,(H,26,30). The van der Waals surface area contributed by atoms with Gasteiger partial charge in [0.05, 0.1) is 11.9 Å². The topological polar surface area (TPSA) is 81.8 Å². The fourth-order valence-electron chi connectivity index (χ4n) is 3.60. The number of benzene rings is 2. The number of anilines is 1. The van der Waals surface area contributed by atoms with Crippen molar-refractivity contribution in [2.75, 3.05) is 5.32 Å². The molecule has 7 heteroatoms. The van der Waals surface area contributed by atoms with Crippen molar-refractivity contribution in [3.63, 3.8) is 0 Å². The van der Waals surface area contributed by atoms with E-state index in [1.165, 1.54) is 4.68 Å². The van der Waals surface area contributed by atoms with Crippen LogP contribution in [0.2, 0.25) is 0 Å². The molecule has 1 amide bonds. The number of nitrogens with zero attached hydrogens (tertiary/aromatic N) is 4. The maximum absolute atomic E-state index is 13.3. The van der Waals surface area contributed by atoms with Gasteiger partial charge in [-0.05, 0) is 30.2 Å². The van der Waals surface area contributed by atoms with Crippen molar-refractivity contribution in [3.8, 4) is 0 Å². The Morgan fingerprint density at radius 2 is 1.77 bits per heavy atom. The second-order valence-electron chi connectivity index (χ2n) is 7.44. The van der Waals surface area contributed by atoms with Crippen LogP contribution < -0.4 is 10.9 Å². The lowest BCUT2D eigenvalue weighted by Crippen LogP contribution is -2.28. The molecule has 0 aliphatic rings. The highest BCUT2D eigenvalue weighted by Gasteiger charge is 2.18. The van der Waals surface area contributed by atoms with E-state index in [9.17, 15) is 9.59 Å². The van der Waals surface area contributed by atoms with Crippen molar-refractivity contribution in [1.82, 2.24) is 19.6 Å². The van der Waals surface area contributed by atoms with Crippen molar-refractivity contribution >= 4 is 22.4 Å². The lowest BCUT2D eigenvalue weighted by atomic mass is 10.1. The number of rotatable bonds is 8. The third-order valence-electron chi connectivity index (χ3n) is 5.21. The fourth-order valence-corrected chi connectivity index (χ4v) is 3.60. The molecule has 2 heterocycles. The summed E-state index contributed by atoms with van der Waals surface area (Å²) in [5.41, 5.74) is 1.71. The number of nitrogens with one attached hydrogen (secondary N) is 1. The van der Waals surface area contributed by atoms with Gasteiger partial charge in [-0.15, -0.1) is 0 Å². The van der Waals surface area contributed by atoms with Gasteiger partial charge < -0.3 is 5.32 Å². The van der Waals surface area contributed by atoms with Crippen LogP contribution in [0.4, 0.5) is 5.69 Å². The van der Waals surface area contributed by atoms with Crippen LogP contribution in [0.1, 0.15) is 42.2 Å². The summed E-state index contributed by atoms with van der Waals surface area (Å²) in [4.78, 5) is 26.1. The molecule has 0 saturated heterocycles. The third kappa shape index (κ3) is 4.55. The van der Waals surface area contributed by atoms with E-state index in [0.717, 1.165) is 24.8 Å². The summed E-state index contributed by atoms with van der Waals surface area (Å²) in [6.07, 6.45) is 6.49. The first-order valence-corrected chi connectivity index (χ1v) is 10.5. The molecule has 0 saturated carbocycles. The van der Waals surface area contributed by atoms with E-state index >= 15 is 0 Å². The summed E-state index contributed by atoms with van der Waals surface area (Å²) < 4.78 is 3.22. The van der Waals surface area contributed by atoms with Gasteiger partial charge in [0.1, 0.15) is 0 Å². The van der Waals surface area contributed by atoms with Gasteiger partial charge in [0.2, 0.25) is 0 Å². The lowest BCUT2D eigenvalue weighted by molar-refractivity contribution is 0.102. The highest BCUT2D eigenvalue weighted by molar-refractivity contribution is 6.11. The SMILES string of the molecule is CCCCCn1nc(C(=O)Nc2ccccc2Cn2cccn2)c2ccccc2c1=O. The van der Waals surface area contributed by atoms with Crippen LogP contribution in [-0.2, 0) is 13.1 Å². The molecule has 4 rings (SSSR count). The highest BCUT2D eigenvalue weighted by Crippen LogP contribution is 2.19. The number of carbonyl (C=O) groups is 1. The second-order valence-corrected chi connectivity index (χ2v) is 7.44. The zero-order chi connectivity index (χ0) is 21.6. The Labute approximate surface area is 180 Å². The first-order chi connectivity index (χ1) is 15.2. The molecule has 0 spiro atoms. The first kappa shape index (κ1) is 20.5. The molecular weight excluding hydrogens is 390 g/mol. The van der Waals surface area contributed by atoms with Crippen LogP contribution in [0.25, 0.3) is 10.8 Å². The molecule has 0 unspecified atom stereocenters. The van der Waals surface area contributed by atoms with Gasteiger partial charge in [0, 0.05) is 30.0 Å². The highest BCUT2D eigenvalue weighted by atomic mass is 16.2. The maximum atomic E-state index is 13.3. The number of fused-ring (bicyclic) bond motifs is 1. The van der Waals surface area contributed by atoms with Crippen LogP contribution in [0.15, 0.2) is 71.8 Å². The molecule has 4 aromatic rings. The summed E-state index contributed by atoms with van der Waals surface area (Å²) in [5.74, 6) is -0.339. The van der Waals surface area contributed by atoms with E-state index in [0.29, 0.717) is 29.5 Å². The number of para-hydroxylation sites is 1. The zero-order valence-electron chi connectivity index (χ0n) is 17.5. The van der Waals surface area contributed by atoms with Gasteiger partial charge in [0.15, 0.2) is 5.69 Å². The molecule has 7 nitrogen and oxygen atoms in total. The van der Waals surface area contributed by atoms with Crippen LogP contribution in [0.3, 0.4) is 0 Å². The van der Waals surface area contributed by atoms with E-state index in [2.05, 4.69) is 22.4 Å². The molecule has 2 aromatic heterocycles. The predicted octanol–water partition coefficient (Wildman–Crippen LogP) is 4.08. The molecule has 31 heavy (non-hydrogen) atoms. The first-order valence-electron chi connectivity index (χ1n) is 10.5. The van der Waals surface area contributed by atoms with Crippen molar-refractivity contribution in [2.24, 2.45) is 0 Å². The monoisotopic (exact) mass is 415 g/mol. The molecule has 158 valence electrons. The van der Waals surface area contributed by atoms with E-state index in [-0.39, 0.29) is 17.2 Å². The predicted molar refractivity (Wildman–Crippen MR) is 121 cm³/mol. The average Bonchev–Trinajstić information content (AvgIpc) is 3.30. The number of unbranched alkanes of at least 4 members (excludes halogenated alkanes) is 2. The van der Waals surface area contributed by atoms with Gasteiger partial charge in [0.25, 0.3) is 11.5 Å². The Morgan fingerprint density at radius 1 is 1.00 bits per heavy atom. The van der Waals surface area contributed by atoms with Crippen LogP contribution in [-0.4, -0.2) is 25.5 Å². The van der Waals surface area contributed by atoms with Gasteiger partial charge in [-0.3, -0.25) is 14.3 Å². The smallest absolute Gasteiger partial charge is 0.276 e. The molecule has 0 bridgehead atoms. The largest absolute Gasteiger partial charge is 0.320 e. The average molecular weight is 415 g/mol. The normalized spacial score (nSPS) is 11.0. The number of hydrogen-bond acceptors (Lipinski definition) is 4. The number of hydrogen-bond donors (Lipinski definition) is 1. The summed E-state index contributed by atoms with van der Waals surface area (Å²) in [6.45, 7) is 3.14. The van der Waals surface area contributed by atoms with Gasteiger partial charge >= 0.3 is 0 Å². The van der Waals surface area contributed by atoms with Gasteiger partial charge in [-0.2, -0.15) is 10.2 Å². The minimum atomic E-state index is -0.339. The van der Waals surface area contributed by atoms with Crippen LogP contribution in [0.5, 0.6) is 0 Å². The van der Waals surface area contributed by atoms with E-state index in [1.54, 1.807) is 29.1 Å². The zero-order valence-corrected chi connectivity index (χ0v) is 17.5. The summed E-state index contributed by atoms with van der Waals surface area (Å²) in [7, 11) is 0. The Morgan fingerprint density at radius 3 is 2.55 bits per heavy atom. The van der Waals surface area contributed by atoms with Gasteiger partial charge in [-0.25, -0.2) is 4.68 Å². The molecule has 0 fully saturated rings. The fraction of sp³-hybridized carbons (Fsp3) is 0.250. The molecule has 0 aliphatic heterocycles. The van der Waals surface area contributed by atoms with Crippen molar-refractivity contribution in [1.29, 1.82) is 0 Å². The van der Waals surface area contributed by atoms with Crippen molar-refractivity contribution < 1.29 is 4.79 Å². The molecular formula is C24H25N5O2. The number of aryl methyl sites for hydroxylation is 1. The summed E-state index contributed by atoms with van der Waals surface area (Å²) in [5, 5.41) is 12.7. The number of carbonyl (C=O) groups excluding carboxylic acids is 1. The number of aromatic nitrogens is 4.